The number of hydrogen-bond acceptors (Lipinski definition) is 4. The lowest BCUT2D eigenvalue weighted by molar-refractivity contribution is 0.0943. The molecule has 0 bridgehead atoms. The van der Waals surface area contributed by atoms with Crippen molar-refractivity contribution in [2.45, 2.75) is 36.0 Å². The number of methoxy groups -OCH3 is 1. The molecule has 1 aliphatic rings. The van der Waals surface area contributed by atoms with Crippen LogP contribution < -0.4 is 10.0 Å². The predicted molar refractivity (Wildman–Crippen MR) is 112 cm³/mol. The maximum atomic E-state index is 12.7. The van der Waals surface area contributed by atoms with Crippen molar-refractivity contribution < 1.29 is 17.9 Å². The van der Waals surface area contributed by atoms with Crippen LogP contribution in [0.25, 0.3) is 0 Å². The minimum atomic E-state index is -3.61. The van der Waals surface area contributed by atoms with E-state index in [9.17, 15) is 13.2 Å². The highest BCUT2D eigenvalue weighted by Gasteiger charge is 2.35. The molecule has 0 unspecified atom stereocenters. The number of nitrogens with one attached hydrogen (secondary N) is 2. The Morgan fingerprint density at radius 2 is 1.69 bits per heavy atom. The molecule has 7 heteroatoms. The second kappa shape index (κ2) is 9.52. The summed E-state index contributed by atoms with van der Waals surface area (Å²) in [4.78, 5) is 12.8. The maximum absolute atomic E-state index is 12.7. The van der Waals surface area contributed by atoms with Gasteiger partial charge in [0.1, 0.15) is 0 Å². The third-order valence-electron chi connectivity index (χ3n) is 5.56. The standard InChI is InChI=1S/C22H28N2O4S/c1-28-16-15-24-29(26,27)20-11-9-18(10-12-20)21(25)23-17-22(13-5-6-14-22)19-7-3-2-4-8-19/h2-4,7-12,24H,5-6,13-17H2,1H3,(H,23,25). The van der Waals surface area contributed by atoms with E-state index in [1.54, 1.807) is 12.1 Å². The van der Waals surface area contributed by atoms with Crippen molar-refractivity contribution in [3.63, 3.8) is 0 Å². The lowest BCUT2D eigenvalue weighted by Crippen LogP contribution is -2.39. The zero-order chi connectivity index (χ0) is 20.7. The van der Waals surface area contributed by atoms with E-state index in [0.717, 1.165) is 25.7 Å². The SMILES string of the molecule is COCCNS(=O)(=O)c1ccc(C(=O)NCC2(c3ccccc3)CCCC2)cc1. The quantitative estimate of drug-likeness (QED) is 0.616. The van der Waals surface area contributed by atoms with Crippen LogP contribution >= 0.6 is 0 Å². The van der Waals surface area contributed by atoms with Gasteiger partial charge in [-0.3, -0.25) is 4.79 Å². The van der Waals surface area contributed by atoms with E-state index in [-0.39, 0.29) is 22.8 Å². The monoisotopic (exact) mass is 416 g/mol. The minimum absolute atomic E-state index is 0.0224. The van der Waals surface area contributed by atoms with E-state index in [1.807, 2.05) is 18.2 Å². The molecule has 1 fully saturated rings. The molecule has 2 aromatic rings. The van der Waals surface area contributed by atoms with Gasteiger partial charge in [-0.1, -0.05) is 43.2 Å². The van der Waals surface area contributed by atoms with Gasteiger partial charge in [0, 0.05) is 31.2 Å². The summed E-state index contributed by atoms with van der Waals surface area (Å²) in [5, 5.41) is 3.06. The summed E-state index contributed by atoms with van der Waals surface area (Å²) in [6.07, 6.45) is 4.43. The van der Waals surface area contributed by atoms with Gasteiger partial charge in [-0.25, -0.2) is 13.1 Å². The summed E-state index contributed by atoms with van der Waals surface area (Å²) in [7, 11) is -2.10. The molecule has 0 aliphatic heterocycles. The fourth-order valence-corrected chi connectivity index (χ4v) is 4.92. The number of carbonyl (C=O) groups excluding carboxylic acids is 1. The van der Waals surface area contributed by atoms with Crippen molar-refractivity contribution in [2.24, 2.45) is 0 Å². The average molecular weight is 417 g/mol. The van der Waals surface area contributed by atoms with Crippen LogP contribution in [-0.4, -0.2) is 41.1 Å². The van der Waals surface area contributed by atoms with Crippen LogP contribution in [0.3, 0.4) is 0 Å². The summed E-state index contributed by atoms with van der Waals surface area (Å²) < 4.78 is 31.7. The van der Waals surface area contributed by atoms with Gasteiger partial charge in [0.2, 0.25) is 10.0 Å². The molecule has 3 rings (SSSR count). The smallest absolute Gasteiger partial charge is 0.251 e. The molecule has 1 aliphatic carbocycles. The first-order valence-corrected chi connectivity index (χ1v) is 11.4. The number of benzene rings is 2. The zero-order valence-corrected chi connectivity index (χ0v) is 17.5. The molecule has 0 atom stereocenters. The summed E-state index contributed by atoms with van der Waals surface area (Å²) in [5.74, 6) is -0.191. The average Bonchev–Trinajstić information content (AvgIpc) is 3.23. The first-order chi connectivity index (χ1) is 14.0. The molecular formula is C22H28N2O4S. The second-order valence-corrected chi connectivity index (χ2v) is 9.22. The van der Waals surface area contributed by atoms with Gasteiger partial charge in [0.15, 0.2) is 0 Å². The van der Waals surface area contributed by atoms with Gasteiger partial charge in [0.25, 0.3) is 5.91 Å². The highest BCUT2D eigenvalue weighted by atomic mass is 32.2. The summed E-state index contributed by atoms with van der Waals surface area (Å²) in [5.41, 5.74) is 1.69. The van der Waals surface area contributed by atoms with Crippen molar-refractivity contribution in [3.8, 4) is 0 Å². The molecule has 1 amide bonds. The van der Waals surface area contributed by atoms with Crippen molar-refractivity contribution in [1.29, 1.82) is 0 Å². The third kappa shape index (κ3) is 5.23. The first kappa shape index (κ1) is 21.5. The molecule has 0 radical (unpaired) electrons. The van der Waals surface area contributed by atoms with Crippen LogP contribution in [0.2, 0.25) is 0 Å². The van der Waals surface area contributed by atoms with E-state index in [0.29, 0.717) is 18.7 Å². The van der Waals surface area contributed by atoms with Crippen LogP contribution in [0.4, 0.5) is 0 Å². The Morgan fingerprint density at radius 3 is 2.31 bits per heavy atom. The molecule has 0 saturated heterocycles. The number of carbonyl (C=O) groups is 1. The number of sulfonamides is 1. The Kier molecular flexibility index (Phi) is 7.05. The van der Waals surface area contributed by atoms with Crippen molar-refractivity contribution in [1.82, 2.24) is 10.0 Å². The van der Waals surface area contributed by atoms with Crippen LogP contribution in [0.5, 0.6) is 0 Å². The van der Waals surface area contributed by atoms with Gasteiger partial charge >= 0.3 is 0 Å². The molecular weight excluding hydrogens is 388 g/mol. The van der Waals surface area contributed by atoms with Crippen molar-refractivity contribution in [3.05, 3.63) is 65.7 Å². The van der Waals surface area contributed by atoms with Gasteiger partial charge in [0.05, 0.1) is 11.5 Å². The first-order valence-electron chi connectivity index (χ1n) is 9.89. The van der Waals surface area contributed by atoms with E-state index in [1.165, 1.54) is 24.8 Å². The Morgan fingerprint density at radius 1 is 1.03 bits per heavy atom. The number of hydrogen-bond donors (Lipinski definition) is 2. The topological polar surface area (TPSA) is 84.5 Å². The highest BCUT2D eigenvalue weighted by Crippen LogP contribution is 2.40. The zero-order valence-electron chi connectivity index (χ0n) is 16.7. The maximum Gasteiger partial charge on any atom is 0.251 e. The number of rotatable bonds is 9. The van der Waals surface area contributed by atoms with E-state index in [2.05, 4.69) is 22.2 Å². The Labute approximate surface area is 172 Å². The molecule has 0 spiro atoms. The van der Waals surface area contributed by atoms with Crippen LogP contribution in [-0.2, 0) is 20.2 Å². The van der Waals surface area contributed by atoms with Gasteiger partial charge in [-0.05, 0) is 42.7 Å². The van der Waals surface area contributed by atoms with Gasteiger partial charge in [-0.2, -0.15) is 0 Å². The van der Waals surface area contributed by atoms with Crippen molar-refractivity contribution in [2.75, 3.05) is 26.8 Å². The van der Waals surface area contributed by atoms with Crippen LogP contribution in [0.1, 0.15) is 41.6 Å². The highest BCUT2D eigenvalue weighted by molar-refractivity contribution is 7.89. The molecule has 156 valence electrons. The normalized spacial score (nSPS) is 15.9. The third-order valence-corrected chi connectivity index (χ3v) is 7.04. The van der Waals surface area contributed by atoms with Crippen LogP contribution in [0, 0.1) is 0 Å². The van der Waals surface area contributed by atoms with E-state index < -0.39 is 10.0 Å². The van der Waals surface area contributed by atoms with Crippen LogP contribution in [0.15, 0.2) is 59.5 Å². The Bertz CT molecular complexity index is 906. The molecule has 0 aromatic heterocycles. The summed E-state index contributed by atoms with van der Waals surface area (Å²) >= 11 is 0. The van der Waals surface area contributed by atoms with Gasteiger partial charge in [-0.15, -0.1) is 0 Å². The fraction of sp³-hybridized carbons (Fsp3) is 0.409. The predicted octanol–water partition coefficient (Wildman–Crippen LogP) is 2.85. The lowest BCUT2D eigenvalue weighted by Gasteiger charge is -2.30. The molecule has 1 saturated carbocycles. The fourth-order valence-electron chi connectivity index (χ4n) is 3.91. The summed E-state index contributed by atoms with van der Waals surface area (Å²) in [6.45, 7) is 1.07. The largest absolute Gasteiger partial charge is 0.383 e. The number of ether oxygens (including phenoxy) is 1. The Hall–Kier alpha value is -2.22. The molecule has 2 aromatic carbocycles. The molecule has 6 nitrogen and oxygen atoms in total. The van der Waals surface area contributed by atoms with Crippen molar-refractivity contribution >= 4 is 15.9 Å². The molecule has 29 heavy (non-hydrogen) atoms. The molecule has 2 N–H and O–H groups in total. The van der Waals surface area contributed by atoms with E-state index in [4.69, 9.17) is 4.74 Å². The molecule has 0 heterocycles. The summed E-state index contributed by atoms with van der Waals surface area (Å²) in [6, 6.07) is 16.3. The lowest BCUT2D eigenvalue weighted by atomic mass is 9.79. The Balaban J connectivity index is 1.65. The second-order valence-electron chi connectivity index (χ2n) is 7.45. The number of amides is 1. The van der Waals surface area contributed by atoms with E-state index >= 15 is 0 Å². The van der Waals surface area contributed by atoms with Gasteiger partial charge < -0.3 is 10.1 Å². The minimum Gasteiger partial charge on any atom is -0.383 e.